The van der Waals surface area contributed by atoms with Gasteiger partial charge in [-0.15, -0.1) is 0 Å². The van der Waals surface area contributed by atoms with Crippen molar-refractivity contribution in [2.75, 3.05) is 19.8 Å². The Bertz CT molecular complexity index is 1050. The lowest BCUT2D eigenvalue weighted by molar-refractivity contribution is -0.162. The molecule has 58 heavy (non-hydrogen) atoms. The Morgan fingerprint density at radius 2 is 0.776 bits per heavy atom. The summed E-state index contributed by atoms with van der Waals surface area (Å²) in [7, 11) is 0. The van der Waals surface area contributed by atoms with Crippen LogP contribution >= 0.6 is 0 Å². The Morgan fingerprint density at radius 3 is 1.21 bits per heavy atom. The lowest BCUT2D eigenvalue weighted by Gasteiger charge is -2.18. The Morgan fingerprint density at radius 1 is 0.397 bits per heavy atom. The van der Waals surface area contributed by atoms with Gasteiger partial charge in [0.05, 0.1) is 6.61 Å². The van der Waals surface area contributed by atoms with E-state index in [2.05, 4.69) is 87.6 Å². The Labute approximate surface area is 359 Å². The van der Waals surface area contributed by atoms with Gasteiger partial charge in [0.15, 0.2) is 6.10 Å². The average Bonchev–Trinajstić information content (AvgIpc) is 3.22. The summed E-state index contributed by atoms with van der Waals surface area (Å²) in [5.41, 5.74) is 0. The van der Waals surface area contributed by atoms with Crippen LogP contribution in [0.3, 0.4) is 0 Å². The van der Waals surface area contributed by atoms with Gasteiger partial charge in [0, 0.05) is 19.4 Å². The van der Waals surface area contributed by atoms with Crippen molar-refractivity contribution in [1.82, 2.24) is 0 Å². The zero-order chi connectivity index (χ0) is 42.1. The van der Waals surface area contributed by atoms with Crippen LogP contribution in [-0.4, -0.2) is 37.9 Å². The van der Waals surface area contributed by atoms with Crippen molar-refractivity contribution in [1.29, 1.82) is 0 Å². The molecular formula is C53H92O5. The number of ether oxygens (including phenoxy) is 3. The molecule has 334 valence electrons. The van der Waals surface area contributed by atoms with Gasteiger partial charge in [-0.2, -0.15) is 0 Å². The minimum absolute atomic E-state index is 0.0467. The largest absolute Gasteiger partial charge is 0.462 e. The van der Waals surface area contributed by atoms with E-state index in [1.807, 2.05) is 6.08 Å². The number of hydrogen-bond donors (Lipinski definition) is 0. The maximum atomic E-state index is 12.7. The predicted molar refractivity (Wildman–Crippen MR) is 251 cm³/mol. The van der Waals surface area contributed by atoms with Gasteiger partial charge in [-0.25, -0.2) is 0 Å². The minimum Gasteiger partial charge on any atom is -0.462 e. The molecule has 0 aliphatic carbocycles. The number of unbranched alkanes of at least 4 members (excludes halogenated alkanes) is 21. The molecule has 1 unspecified atom stereocenters. The van der Waals surface area contributed by atoms with Gasteiger partial charge in [-0.05, 0) is 57.8 Å². The molecule has 0 aromatic carbocycles. The van der Waals surface area contributed by atoms with Crippen molar-refractivity contribution in [2.45, 2.75) is 232 Å². The second-order valence-electron chi connectivity index (χ2n) is 16.0. The van der Waals surface area contributed by atoms with Gasteiger partial charge >= 0.3 is 11.9 Å². The summed E-state index contributed by atoms with van der Waals surface area (Å²) in [5, 5.41) is 0. The van der Waals surface area contributed by atoms with Crippen molar-refractivity contribution >= 4 is 11.9 Å². The fourth-order valence-corrected chi connectivity index (χ4v) is 6.65. The normalized spacial score (nSPS) is 12.8. The molecule has 0 amide bonds. The van der Waals surface area contributed by atoms with Gasteiger partial charge in [-0.3, -0.25) is 9.59 Å². The van der Waals surface area contributed by atoms with Crippen LogP contribution in [0.1, 0.15) is 226 Å². The van der Waals surface area contributed by atoms with Crippen LogP contribution in [0.15, 0.2) is 72.9 Å². The Hall–Kier alpha value is -2.66. The highest BCUT2D eigenvalue weighted by Crippen LogP contribution is 2.14. The molecule has 0 rings (SSSR count). The fourth-order valence-electron chi connectivity index (χ4n) is 6.65. The molecule has 5 heteroatoms. The fraction of sp³-hybridized carbons (Fsp3) is 0.736. The highest BCUT2D eigenvalue weighted by molar-refractivity contribution is 5.70. The molecule has 5 nitrogen and oxygen atoms in total. The SMILES string of the molecule is CC/C=C\C/C=C\C/C=C\C/C=C\C/C=C\C/C=C\CCC(=O)OCC(COCCCCCCCCCCCCCC)OC(=O)CCCCCCCCCCCCC. The van der Waals surface area contributed by atoms with Crippen LogP contribution < -0.4 is 0 Å². The molecular weight excluding hydrogens is 717 g/mol. The molecule has 0 aromatic heterocycles. The summed E-state index contributed by atoms with van der Waals surface area (Å²) in [6.07, 6.45) is 62.0. The van der Waals surface area contributed by atoms with Crippen molar-refractivity contribution in [3.63, 3.8) is 0 Å². The van der Waals surface area contributed by atoms with Crippen LogP contribution in [-0.2, 0) is 23.8 Å². The third-order valence-electron chi connectivity index (χ3n) is 10.3. The maximum Gasteiger partial charge on any atom is 0.306 e. The highest BCUT2D eigenvalue weighted by atomic mass is 16.6. The highest BCUT2D eigenvalue weighted by Gasteiger charge is 2.17. The van der Waals surface area contributed by atoms with Gasteiger partial charge in [0.2, 0.25) is 0 Å². The molecule has 0 aliphatic heterocycles. The quantitative estimate of drug-likeness (QED) is 0.0348. The summed E-state index contributed by atoms with van der Waals surface area (Å²) < 4.78 is 17.3. The van der Waals surface area contributed by atoms with E-state index in [4.69, 9.17) is 14.2 Å². The van der Waals surface area contributed by atoms with Gasteiger partial charge in [0.25, 0.3) is 0 Å². The lowest BCUT2D eigenvalue weighted by Crippen LogP contribution is -2.30. The molecule has 0 bridgehead atoms. The molecule has 0 saturated carbocycles. The number of carbonyl (C=O) groups is 2. The van der Waals surface area contributed by atoms with Crippen molar-refractivity contribution in [3.05, 3.63) is 72.9 Å². The molecule has 0 saturated heterocycles. The summed E-state index contributed by atoms with van der Waals surface area (Å²) in [5.74, 6) is -0.490. The lowest BCUT2D eigenvalue weighted by atomic mass is 10.1. The second kappa shape index (κ2) is 48.7. The molecule has 0 fully saturated rings. The van der Waals surface area contributed by atoms with E-state index in [1.165, 1.54) is 122 Å². The Balaban J connectivity index is 4.34. The van der Waals surface area contributed by atoms with Crippen LogP contribution in [0.5, 0.6) is 0 Å². The third-order valence-corrected chi connectivity index (χ3v) is 10.3. The Kier molecular flexibility index (Phi) is 46.5. The number of carbonyl (C=O) groups excluding carboxylic acids is 2. The van der Waals surface area contributed by atoms with Crippen molar-refractivity contribution in [3.8, 4) is 0 Å². The van der Waals surface area contributed by atoms with E-state index in [0.29, 0.717) is 25.9 Å². The van der Waals surface area contributed by atoms with E-state index in [-0.39, 0.29) is 25.2 Å². The van der Waals surface area contributed by atoms with Crippen LogP contribution in [0.2, 0.25) is 0 Å². The summed E-state index contributed by atoms with van der Waals surface area (Å²) in [6, 6.07) is 0. The van der Waals surface area contributed by atoms with Crippen LogP contribution in [0.25, 0.3) is 0 Å². The van der Waals surface area contributed by atoms with E-state index in [0.717, 1.165) is 64.2 Å². The average molecular weight is 809 g/mol. The smallest absolute Gasteiger partial charge is 0.306 e. The van der Waals surface area contributed by atoms with Crippen LogP contribution in [0, 0.1) is 0 Å². The predicted octanol–water partition coefficient (Wildman–Crippen LogP) is 16.3. The van der Waals surface area contributed by atoms with Gasteiger partial charge in [-0.1, -0.05) is 229 Å². The molecule has 0 aromatic rings. The molecule has 0 aliphatic rings. The second-order valence-corrected chi connectivity index (χ2v) is 16.0. The number of hydrogen-bond acceptors (Lipinski definition) is 5. The summed E-state index contributed by atoms with van der Waals surface area (Å²) >= 11 is 0. The molecule has 1 atom stereocenters. The first-order valence-electron chi connectivity index (χ1n) is 24.5. The van der Waals surface area contributed by atoms with E-state index < -0.39 is 6.10 Å². The summed E-state index contributed by atoms with van der Waals surface area (Å²) in [4.78, 5) is 25.3. The standard InChI is InChI=1S/C53H92O5/c1-4-7-10-13-16-19-22-24-25-26-27-28-29-30-32-34-37-40-43-46-52(54)57-50-51(49-56-48-45-42-39-36-33-23-20-17-14-11-8-5-2)58-53(55)47-44-41-38-35-31-21-18-15-12-9-6-3/h7,10,16,19,24-25,27-28,30,32,37,40,51H,4-6,8-9,11-15,17-18,20-23,26,29,31,33-36,38-39,41-50H2,1-3H3/b10-7-,19-16-,25-24-,28-27-,32-30-,40-37-. The minimum atomic E-state index is -0.563. The zero-order valence-electron chi connectivity index (χ0n) is 38.3. The van der Waals surface area contributed by atoms with Gasteiger partial charge in [0.1, 0.15) is 6.61 Å². The zero-order valence-corrected chi connectivity index (χ0v) is 38.3. The topological polar surface area (TPSA) is 61.8 Å². The van der Waals surface area contributed by atoms with E-state index in [9.17, 15) is 9.59 Å². The first-order chi connectivity index (χ1) is 28.6. The van der Waals surface area contributed by atoms with Gasteiger partial charge < -0.3 is 14.2 Å². The molecule has 0 heterocycles. The number of allylic oxidation sites excluding steroid dienone is 12. The van der Waals surface area contributed by atoms with E-state index >= 15 is 0 Å². The molecule has 0 N–H and O–H groups in total. The molecule has 0 radical (unpaired) electrons. The maximum absolute atomic E-state index is 12.7. The third kappa shape index (κ3) is 46.0. The number of esters is 2. The number of rotatable bonds is 44. The summed E-state index contributed by atoms with van der Waals surface area (Å²) in [6.45, 7) is 7.64. The van der Waals surface area contributed by atoms with Crippen molar-refractivity contribution < 1.29 is 23.8 Å². The van der Waals surface area contributed by atoms with E-state index in [1.54, 1.807) is 0 Å². The first kappa shape index (κ1) is 55.3. The van der Waals surface area contributed by atoms with Crippen molar-refractivity contribution in [2.24, 2.45) is 0 Å². The van der Waals surface area contributed by atoms with Crippen LogP contribution in [0.4, 0.5) is 0 Å². The first-order valence-corrected chi connectivity index (χ1v) is 24.5. The monoisotopic (exact) mass is 809 g/mol. The molecule has 0 spiro atoms.